The molecule has 0 aromatic heterocycles. The van der Waals surface area contributed by atoms with Crippen molar-refractivity contribution in [3.05, 3.63) is 59.2 Å². The van der Waals surface area contributed by atoms with E-state index in [1.54, 1.807) is 24.3 Å². The van der Waals surface area contributed by atoms with Crippen LogP contribution in [0.25, 0.3) is 0 Å². The number of aliphatic hydroxyl groups excluding tert-OH is 1. The summed E-state index contributed by atoms with van der Waals surface area (Å²) in [7, 11) is 0. The first-order chi connectivity index (χ1) is 11.8. The summed E-state index contributed by atoms with van der Waals surface area (Å²) in [5.74, 6) is -1.72. The fourth-order valence-electron chi connectivity index (χ4n) is 2.71. The number of carbonyl (C=O) groups is 1. The summed E-state index contributed by atoms with van der Waals surface area (Å²) in [6.07, 6.45) is -5.08. The largest absolute Gasteiger partial charge is 0.483 e. The summed E-state index contributed by atoms with van der Waals surface area (Å²) >= 11 is 0. The molecule has 0 spiro atoms. The van der Waals surface area contributed by atoms with Gasteiger partial charge in [-0.05, 0) is 30.7 Å². The lowest BCUT2D eigenvalue weighted by Crippen LogP contribution is -2.50. The SMILES string of the molecule is C[C@@H](O)c1cccc2c1OC(F)(F)C(=O)N2Cc1cccc(C#N)c1. The Morgan fingerprint density at radius 2 is 2.04 bits per heavy atom. The van der Waals surface area contributed by atoms with Crippen LogP contribution in [0.3, 0.4) is 0 Å². The lowest BCUT2D eigenvalue weighted by atomic mass is 10.0. The zero-order chi connectivity index (χ0) is 18.2. The summed E-state index contributed by atoms with van der Waals surface area (Å²) in [5.41, 5.74) is 1.21. The molecule has 0 saturated heterocycles. The quantitative estimate of drug-likeness (QED) is 0.928. The normalized spacial score (nSPS) is 16.6. The Bertz CT molecular complexity index is 875. The molecular weight excluding hydrogens is 330 g/mol. The van der Waals surface area contributed by atoms with Crippen LogP contribution in [0.5, 0.6) is 5.75 Å². The van der Waals surface area contributed by atoms with Crippen LogP contribution in [0.4, 0.5) is 14.5 Å². The van der Waals surface area contributed by atoms with E-state index in [2.05, 4.69) is 4.74 Å². The van der Waals surface area contributed by atoms with Gasteiger partial charge in [0.15, 0.2) is 5.75 Å². The topological polar surface area (TPSA) is 73.6 Å². The van der Waals surface area contributed by atoms with E-state index in [0.717, 1.165) is 4.90 Å². The van der Waals surface area contributed by atoms with Crippen LogP contribution in [0.1, 0.15) is 29.7 Å². The highest BCUT2D eigenvalue weighted by atomic mass is 19.3. The number of para-hydroxylation sites is 1. The Labute approximate surface area is 142 Å². The average molecular weight is 344 g/mol. The van der Waals surface area contributed by atoms with Crippen LogP contribution in [-0.2, 0) is 11.3 Å². The van der Waals surface area contributed by atoms with Crippen molar-refractivity contribution in [2.75, 3.05) is 4.90 Å². The number of amides is 1. The molecule has 1 heterocycles. The summed E-state index contributed by atoms with van der Waals surface area (Å²) in [5, 5.41) is 18.8. The molecule has 2 aromatic rings. The van der Waals surface area contributed by atoms with Gasteiger partial charge in [-0.1, -0.05) is 24.3 Å². The number of fused-ring (bicyclic) bond motifs is 1. The van der Waals surface area contributed by atoms with Gasteiger partial charge in [0.25, 0.3) is 0 Å². The number of hydrogen-bond acceptors (Lipinski definition) is 4. The predicted molar refractivity (Wildman–Crippen MR) is 85.0 cm³/mol. The highest BCUT2D eigenvalue weighted by molar-refractivity contribution is 6.01. The van der Waals surface area contributed by atoms with Crippen molar-refractivity contribution >= 4 is 11.6 Å². The van der Waals surface area contributed by atoms with Crippen molar-refractivity contribution in [1.82, 2.24) is 0 Å². The molecule has 1 amide bonds. The zero-order valence-electron chi connectivity index (χ0n) is 13.2. The second kappa shape index (κ2) is 6.15. The highest BCUT2D eigenvalue weighted by Gasteiger charge is 2.51. The molecule has 128 valence electrons. The smallest absolute Gasteiger partial charge is 0.423 e. The minimum Gasteiger partial charge on any atom is -0.423 e. The standard InChI is InChI=1S/C18H14F2N2O3/c1-11(23)14-6-3-7-15-16(14)25-18(19,20)17(24)22(15)10-13-5-2-4-12(8-13)9-21/h2-8,11,23H,10H2,1H3/t11-/m1/s1. The first-order valence-corrected chi connectivity index (χ1v) is 7.52. The third-order valence-corrected chi connectivity index (χ3v) is 3.89. The molecule has 0 saturated carbocycles. The number of carbonyl (C=O) groups excluding carboxylic acids is 1. The van der Waals surface area contributed by atoms with Crippen LogP contribution in [-0.4, -0.2) is 17.1 Å². The number of alkyl halides is 2. The van der Waals surface area contributed by atoms with E-state index in [-0.39, 0.29) is 23.5 Å². The van der Waals surface area contributed by atoms with Crippen LogP contribution in [0, 0.1) is 11.3 Å². The third-order valence-electron chi connectivity index (χ3n) is 3.89. The van der Waals surface area contributed by atoms with Gasteiger partial charge in [0.2, 0.25) is 0 Å². The molecule has 0 fully saturated rings. The molecule has 0 aliphatic carbocycles. The van der Waals surface area contributed by atoms with Crippen molar-refractivity contribution in [3.8, 4) is 11.8 Å². The van der Waals surface area contributed by atoms with Gasteiger partial charge in [-0.25, -0.2) is 0 Å². The van der Waals surface area contributed by atoms with Crippen LogP contribution < -0.4 is 9.64 Å². The van der Waals surface area contributed by atoms with Crippen molar-refractivity contribution in [2.45, 2.75) is 25.7 Å². The van der Waals surface area contributed by atoms with Crippen molar-refractivity contribution < 1.29 is 23.4 Å². The maximum absolute atomic E-state index is 14.1. The second-order valence-corrected chi connectivity index (χ2v) is 5.69. The Hall–Kier alpha value is -2.98. The number of hydrogen-bond donors (Lipinski definition) is 1. The minimum absolute atomic E-state index is 0.149. The summed E-state index contributed by atoms with van der Waals surface area (Å²) in [4.78, 5) is 13.1. The van der Waals surface area contributed by atoms with E-state index in [1.807, 2.05) is 6.07 Å². The molecule has 1 N–H and O–H groups in total. The van der Waals surface area contributed by atoms with E-state index in [4.69, 9.17) is 5.26 Å². The third kappa shape index (κ3) is 3.04. The van der Waals surface area contributed by atoms with E-state index in [9.17, 15) is 18.7 Å². The molecular formula is C18H14F2N2O3. The molecule has 1 aliphatic heterocycles. The van der Waals surface area contributed by atoms with Gasteiger partial charge in [-0.2, -0.15) is 14.0 Å². The van der Waals surface area contributed by atoms with Gasteiger partial charge >= 0.3 is 12.0 Å². The fourth-order valence-corrected chi connectivity index (χ4v) is 2.71. The van der Waals surface area contributed by atoms with Crippen LogP contribution >= 0.6 is 0 Å². The molecule has 1 aliphatic rings. The molecule has 0 bridgehead atoms. The average Bonchev–Trinajstić information content (AvgIpc) is 2.58. The van der Waals surface area contributed by atoms with Gasteiger partial charge in [0, 0.05) is 5.56 Å². The maximum Gasteiger partial charge on any atom is 0.483 e. The lowest BCUT2D eigenvalue weighted by molar-refractivity contribution is -0.193. The number of anilines is 1. The predicted octanol–water partition coefficient (Wildman–Crippen LogP) is 3.13. The van der Waals surface area contributed by atoms with Crippen molar-refractivity contribution in [1.29, 1.82) is 5.26 Å². The first kappa shape index (κ1) is 16.9. The monoisotopic (exact) mass is 344 g/mol. The molecule has 0 unspecified atom stereocenters. The highest BCUT2D eigenvalue weighted by Crippen LogP contribution is 2.44. The Morgan fingerprint density at radius 1 is 1.32 bits per heavy atom. The Balaban J connectivity index is 2.08. The first-order valence-electron chi connectivity index (χ1n) is 7.52. The minimum atomic E-state index is -4.04. The zero-order valence-corrected chi connectivity index (χ0v) is 13.2. The van der Waals surface area contributed by atoms with E-state index >= 15 is 0 Å². The number of benzene rings is 2. The van der Waals surface area contributed by atoms with Crippen molar-refractivity contribution in [3.63, 3.8) is 0 Å². The fraction of sp³-hybridized carbons (Fsp3) is 0.222. The van der Waals surface area contributed by atoms with Gasteiger partial charge in [0.05, 0.1) is 30.0 Å². The number of aliphatic hydroxyl groups is 1. The van der Waals surface area contributed by atoms with Gasteiger partial charge in [-0.15, -0.1) is 0 Å². The molecule has 3 rings (SSSR count). The number of ether oxygens (including phenoxy) is 1. The number of nitrogens with zero attached hydrogens (tertiary/aromatic N) is 2. The van der Waals surface area contributed by atoms with Crippen LogP contribution in [0.15, 0.2) is 42.5 Å². The van der Waals surface area contributed by atoms with Gasteiger partial charge in [-0.3, -0.25) is 9.69 Å². The van der Waals surface area contributed by atoms with Crippen LogP contribution in [0.2, 0.25) is 0 Å². The summed E-state index contributed by atoms with van der Waals surface area (Å²) in [6.45, 7) is 1.28. The van der Waals surface area contributed by atoms with E-state index in [0.29, 0.717) is 11.1 Å². The van der Waals surface area contributed by atoms with Gasteiger partial charge < -0.3 is 9.84 Å². The Morgan fingerprint density at radius 3 is 2.72 bits per heavy atom. The molecule has 1 atom stereocenters. The number of halogens is 2. The van der Waals surface area contributed by atoms with Gasteiger partial charge in [0.1, 0.15) is 0 Å². The molecule has 2 aromatic carbocycles. The molecule has 25 heavy (non-hydrogen) atoms. The lowest BCUT2D eigenvalue weighted by Gasteiger charge is -2.35. The number of nitriles is 1. The van der Waals surface area contributed by atoms with E-state index in [1.165, 1.54) is 25.1 Å². The summed E-state index contributed by atoms with van der Waals surface area (Å²) < 4.78 is 32.7. The number of rotatable bonds is 3. The van der Waals surface area contributed by atoms with Crippen molar-refractivity contribution in [2.24, 2.45) is 0 Å². The summed E-state index contributed by atoms with van der Waals surface area (Å²) in [6, 6.07) is 12.8. The van der Waals surface area contributed by atoms with E-state index < -0.39 is 18.1 Å². The second-order valence-electron chi connectivity index (χ2n) is 5.69. The molecule has 7 heteroatoms. The molecule has 5 nitrogen and oxygen atoms in total. The maximum atomic E-state index is 14.1. The molecule has 0 radical (unpaired) electrons. The Kier molecular flexibility index (Phi) is 4.15.